The van der Waals surface area contributed by atoms with Gasteiger partial charge in [-0.3, -0.25) is 0 Å². The Morgan fingerprint density at radius 2 is 2.16 bits per heavy atom. The number of halogens is 1. The van der Waals surface area contributed by atoms with Crippen LogP contribution in [0, 0.1) is 0 Å². The van der Waals surface area contributed by atoms with Crippen LogP contribution in [-0.4, -0.2) is 41.4 Å². The monoisotopic (exact) mass is 329 g/mol. The summed E-state index contributed by atoms with van der Waals surface area (Å²) in [4.78, 5) is 10.9. The third kappa shape index (κ3) is 3.57. The number of aliphatic hydroxyl groups is 1. The summed E-state index contributed by atoms with van der Waals surface area (Å²) in [5.41, 5.74) is 0. The van der Waals surface area contributed by atoms with Gasteiger partial charge in [0.05, 0.1) is 24.4 Å². The minimum absolute atomic E-state index is 0.109. The molecule has 0 radical (unpaired) electrons. The molecule has 1 aliphatic rings. The number of anilines is 1. The first-order chi connectivity index (χ1) is 9.26. The Morgan fingerprint density at radius 3 is 2.79 bits per heavy atom. The van der Waals surface area contributed by atoms with Crippen LogP contribution >= 0.6 is 15.9 Å². The number of methoxy groups -OCH3 is 1. The van der Waals surface area contributed by atoms with E-state index in [0.717, 1.165) is 17.3 Å². The number of ether oxygens (including phenoxy) is 1. The lowest BCUT2D eigenvalue weighted by molar-refractivity contribution is 0.288. The van der Waals surface area contributed by atoms with Crippen LogP contribution in [0.3, 0.4) is 0 Å². The normalized spacial score (nSPS) is 16.4. The Hall–Kier alpha value is -0.880. The van der Waals surface area contributed by atoms with E-state index >= 15 is 0 Å². The summed E-state index contributed by atoms with van der Waals surface area (Å²) in [5.74, 6) is 1.17. The van der Waals surface area contributed by atoms with Crippen molar-refractivity contribution in [3.05, 3.63) is 10.7 Å². The molecule has 0 bridgehead atoms. The third-order valence-corrected chi connectivity index (χ3v) is 4.05. The van der Waals surface area contributed by atoms with Crippen molar-refractivity contribution in [2.75, 3.05) is 25.2 Å². The Balaban J connectivity index is 2.22. The van der Waals surface area contributed by atoms with Crippen LogP contribution in [0.15, 0.2) is 10.7 Å². The number of aliphatic hydroxyl groups excluding tert-OH is 1. The van der Waals surface area contributed by atoms with E-state index in [2.05, 4.69) is 30.8 Å². The van der Waals surface area contributed by atoms with Crippen molar-refractivity contribution in [2.24, 2.45) is 0 Å². The summed E-state index contributed by atoms with van der Waals surface area (Å²) in [6.07, 6.45) is 7.76. The van der Waals surface area contributed by atoms with E-state index in [1.165, 1.54) is 19.3 Å². The first-order valence-electron chi connectivity index (χ1n) is 6.70. The van der Waals surface area contributed by atoms with Gasteiger partial charge < -0.3 is 14.7 Å². The maximum atomic E-state index is 9.27. The predicted octanol–water partition coefficient (Wildman–Crippen LogP) is 2.38. The van der Waals surface area contributed by atoms with Crippen molar-refractivity contribution < 1.29 is 9.84 Å². The van der Waals surface area contributed by atoms with Gasteiger partial charge in [-0.25, -0.2) is 4.98 Å². The summed E-state index contributed by atoms with van der Waals surface area (Å²) >= 11 is 3.36. The van der Waals surface area contributed by atoms with Gasteiger partial charge in [0.2, 0.25) is 11.8 Å². The van der Waals surface area contributed by atoms with E-state index in [-0.39, 0.29) is 6.61 Å². The molecule has 0 aliphatic heterocycles. The van der Waals surface area contributed by atoms with Crippen LogP contribution in [0.25, 0.3) is 0 Å². The zero-order chi connectivity index (χ0) is 13.7. The highest BCUT2D eigenvalue weighted by Gasteiger charge is 2.23. The molecule has 1 fully saturated rings. The number of aromatic nitrogens is 2. The average Bonchev–Trinajstić information content (AvgIpc) is 2.46. The van der Waals surface area contributed by atoms with E-state index in [0.29, 0.717) is 24.4 Å². The lowest BCUT2D eigenvalue weighted by Gasteiger charge is -2.34. The van der Waals surface area contributed by atoms with Gasteiger partial charge in [-0.05, 0) is 28.8 Å². The molecule has 1 heterocycles. The molecule has 0 amide bonds. The van der Waals surface area contributed by atoms with Gasteiger partial charge >= 0.3 is 0 Å². The minimum Gasteiger partial charge on any atom is -0.480 e. The average molecular weight is 330 g/mol. The van der Waals surface area contributed by atoms with Gasteiger partial charge in [-0.15, -0.1) is 0 Å². The molecule has 0 unspecified atom stereocenters. The lowest BCUT2D eigenvalue weighted by atomic mass is 9.94. The molecule has 106 valence electrons. The summed E-state index contributed by atoms with van der Waals surface area (Å²) in [7, 11) is 1.59. The van der Waals surface area contributed by atoms with Crippen molar-refractivity contribution >= 4 is 21.9 Å². The molecule has 1 saturated carbocycles. The van der Waals surface area contributed by atoms with E-state index < -0.39 is 0 Å². The largest absolute Gasteiger partial charge is 0.480 e. The molecule has 2 rings (SSSR count). The second-order valence-corrected chi connectivity index (χ2v) is 5.59. The van der Waals surface area contributed by atoms with Crippen molar-refractivity contribution in [2.45, 2.75) is 38.1 Å². The smallest absolute Gasteiger partial charge is 0.232 e. The van der Waals surface area contributed by atoms with E-state index in [9.17, 15) is 5.11 Å². The summed E-state index contributed by atoms with van der Waals surface area (Å²) < 4.78 is 5.96. The van der Waals surface area contributed by atoms with Crippen molar-refractivity contribution in [3.8, 4) is 5.88 Å². The van der Waals surface area contributed by atoms with Crippen molar-refractivity contribution in [1.29, 1.82) is 0 Å². The summed E-state index contributed by atoms with van der Waals surface area (Å²) in [6.45, 7) is 0.674. The molecule has 0 aromatic carbocycles. The number of nitrogens with zero attached hydrogens (tertiary/aromatic N) is 3. The fourth-order valence-electron chi connectivity index (χ4n) is 2.57. The molecule has 1 N–H and O–H groups in total. The van der Waals surface area contributed by atoms with E-state index in [4.69, 9.17) is 4.74 Å². The lowest BCUT2D eigenvalue weighted by Crippen LogP contribution is -2.40. The summed E-state index contributed by atoms with van der Waals surface area (Å²) in [5, 5.41) is 9.27. The Labute approximate surface area is 122 Å². The standard InChI is InChI=1S/C13H20BrN3O2/c1-19-12-11(14)9-15-13(16-12)17(7-8-18)10-5-3-2-4-6-10/h9-10,18H,2-8H2,1H3. The number of hydrogen-bond acceptors (Lipinski definition) is 5. The first kappa shape index (κ1) is 14.5. The van der Waals surface area contributed by atoms with Crippen molar-refractivity contribution in [3.63, 3.8) is 0 Å². The summed E-state index contributed by atoms with van der Waals surface area (Å²) in [6, 6.07) is 0.423. The minimum atomic E-state index is 0.109. The molecule has 1 aliphatic carbocycles. The molecular weight excluding hydrogens is 310 g/mol. The molecule has 1 aromatic rings. The second kappa shape index (κ2) is 7.05. The molecule has 1 aromatic heterocycles. The number of rotatable bonds is 5. The quantitative estimate of drug-likeness (QED) is 0.898. The highest BCUT2D eigenvalue weighted by molar-refractivity contribution is 9.10. The number of hydrogen-bond donors (Lipinski definition) is 1. The van der Waals surface area contributed by atoms with Crippen LogP contribution in [0.1, 0.15) is 32.1 Å². The molecule has 5 nitrogen and oxygen atoms in total. The van der Waals surface area contributed by atoms with Crippen molar-refractivity contribution in [1.82, 2.24) is 9.97 Å². The molecule has 0 atom stereocenters. The molecular formula is C13H20BrN3O2. The first-order valence-corrected chi connectivity index (χ1v) is 7.49. The van der Waals surface area contributed by atoms with Gasteiger partial charge in [-0.2, -0.15) is 4.98 Å². The van der Waals surface area contributed by atoms with E-state index in [1.807, 2.05) is 0 Å². The topological polar surface area (TPSA) is 58.5 Å². The molecule has 0 spiro atoms. The van der Waals surface area contributed by atoms with E-state index in [1.54, 1.807) is 13.3 Å². The molecule has 19 heavy (non-hydrogen) atoms. The second-order valence-electron chi connectivity index (χ2n) is 4.74. The van der Waals surface area contributed by atoms with Gasteiger partial charge in [-0.1, -0.05) is 19.3 Å². The van der Waals surface area contributed by atoms with Gasteiger partial charge in [0.15, 0.2) is 0 Å². The van der Waals surface area contributed by atoms with Gasteiger partial charge in [0, 0.05) is 12.6 Å². The zero-order valence-electron chi connectivity index (χ0n) is 11.2. The Bertz CT molecular complexity index is 411. The van der Waals surface area contributed by atoms with Gasteiger partial charge in [0.25, 0.3) is 0 Å². The van der Waals surface area contributed by atoms with Crippen LogP contribution < -0.4 is 9.64 Å². The highest BCUT2D eigenvalue weighted by Crippen LogP contribution is 2.28. The Kier molecular flexibility index (Phi) is 5.39. The molecule has 6 heteroatoms. The zero-order valence-corrected chi connectivity index (χ0v) is 12.8. The Morgan fingerprint density at radius 1 is 1.42 bits per heavy atom. The maximum absolute atomic E-state index is 9.27. The third-order valence-electron chi connectivity index (χ3n) is 3.51. The fourth-order valence-corrected chi connectivity index (χ4v) is 2.92. The SMILES string of the molecule is COc1nc(N(CCO)C2CCCCC2)ncc1Br. The fraction of sp³-hybridized carbons (Fsp3) is 0.692. The van der Waals surface area contributed by atoms with Gasteiger partial charge in [0.1, 0.15) is 0 Å². The van der Waals surface area contributed by atoms with Crippen LogP contribution in [-0.2, 0) is 0 Å². The van der Waals surface area contributed by atoms with Crippen LogP contribution in [0.5, 0.6) is 5.88 Å². The van der Waals surface area contributed by atoms with Crippen LogP contribution in [0.2, 0.25) is 0 Å². The maximum Gasteiger partial charge on any atom is 0.232 e. The predicted molar refractivity (Wildman–Crippen MR) is 77.6 cm³/mol. The highest BCUT2D eigenvalue weighted by atomic mass is 79.9. The molecule has 0 saturated heterocycles. The van der Waals surface area contributed by atoms with Crippen LogP contribution in [0.4, 0.5) is 5.95 Å².